The van der Waals surface area contributed by atoms with Crippen LogP contribution in [-0.4, -0.2) is 0 Å². The number of hydrogen-bond acceptors (Lipinski definition) is 2. The maximum Gasteiger partial charge on any atom is 0.136 e. The average Bonchev–Trinajstić information content (AvgIpc) is 3.88. The number of nitrogens with zero attached hydrogens (tertiary/aromatic N) is 1. The highest BCUT2D eigenvalue weighted by atomic mass is 16.3. The highest BCUT2D eigenvalue weighted by Crippen LogP contribution is 2.42. The van der Waals surface area contributed by atoms with Crippen LogP contribution in [0.2, 0.25) is 0 Å². The zero-order valence-electron chi connectivity index (χ0n) is 38.3. The van der Waals surface area contributed by atoms with Crippen molar-refractivity contribution in [1.82, 2.24) is 0 Å². The van der Waals surface area contributed by atoms with Gasteiger partial charge < -0.3 is 9.32 Å². The van der Waals surface area contributed by atoms with Crippen molar-refractivity contribution in [3.05, 3.63) is 273 Å². The van der Waals surface area contributed by atoms with Crippen molar-refractivity contribution < 1.29 is 4.42 Å². The van der Waals surface area contributed by atoms with Gasteiger partial charge in [0.25, 0.3) is 0 Å². The largest absolute Gasteiger partial charge is 0.456 e. The number of fused-ring (bicyclic) bond motifs is 5. The third-order valence-corrected chi connectivity index (χ3v) is 13.9. The highest BCUT2D eigenvalue weighted by Gasteiger charge is 2.18. The molecule has 0 atom stereocenters. The second-order valence-corrected chi connectivity index (χ2v) is 18.0. The SMILES string of the molecule is c1ccc(-c2ccc(-c3ccc(N(c4ccc(-c5ccc(-c6cccc7ccccc67)cc5)cc4)c4ccc(-c5cc6ccccc6c6ccccc56)cc4)cc3)cc2-c2cc3ccccc3o2)cc1. The van der Waals surface area contributed by atoms with Gasteiger partial charge >= 0.3 is 0 Å². The van der Waals surface area contributed by atoms with Crippen molar-refractivity contribution in [3.8, 4) is 67.0 Å². The lowest BCUT2D eigenvalue weighted by Crippen LogP contribution is -2.09. The van der Waals surface area contributed by atoms with Gasteiger partial charge in [0.05, 0.1) is 0 Å². The fraction of sp³-hybridized carbons (Fsp3) is 0. The molecule has 13 rings (SSSR count). The molecular formula is C68H45NO. The number of hydrogen-bond donors (Lipinski definition) is 0. The summed E-state index contributed by atoms with van der Waals surface area (Å²) in [5, 5.41) is 8.64. The van der Waals surface area contributed by atoms with Gasteiger partial charge in [0.1, 0.15) is 11.3 Å². The van der Waals surface area contributed by atoms with Crippen molar-refractivity contribution in [1.29, 1.82) is 0 Å². The number of rotatable bonds is 9. The number of furan rings is 1. The Morgan fingerprint density at radius 1 is 0.229 bits per heavy atom. The molecule has 0 spiro atoms. The molecule has 2 nitrogen and oxygen atoms in total. The van der Waals surface area contributed by atoms with E-state index in [0.717, 1.165) is 61.6 Å². The van der Waals surface area contributed by atoms with Crippen LogP contribution >= 0.6 is 0 Å². The van der Waals surface area contributed by atoms with Gasteiger partial charge in [-0.05, 0) is 149 Å². The molecular weight excluding hydrogens is 847 g/mol. The van der Waals surface area contributed by atoms with Crippen molar-refractivity contribution in [2.75, 3.05) is 4.90 Å². The third-order valence-electron chi connectivity index (χ3n) is 13.9. The predicted molar refractivity (Wildman–Crippen MR) is 296 cm³/mol. The first kappa shape index (κ1) is 41.0. The van der Waals surface area contributed by atoms with Gasteiger partial charge in [0.2, 0.25) is 0 Å². The van der Waals surface area contributed by atoms with Crippen molar-refractivity contribution in [2.24, 2.45) is 0 Å². The Kier molecular flexibility index (Phi) is 10.2. The van der Waals surface area contributed by atoms with Gasteiger partial charge in [-0.1, -0.05) is 212 Å². The van der Waals surface area contributed by atoms with Gasteiger partial charge in [-0.2, -0.15) is 0 Å². The Morgan fingerprint density at radius 3 is 1.39 bits per heavy atom. The Labute approximate surface area is 407 Å². The summed E-state index contributed by atoms with van der Waals surface area (Å²) < 4.78 is 6.50. The second-order valence-electron chi connectivity index (χ2n) is 18.0. The van der Waals surface area contributed by atoms with E-state index in [-0.39, 0.29) is 0 Å². The molecule has 13 aromatic rings. The normalized spacial score (nSPS) is 11.4. The van der Waals surface area contributed by atoms with Gasteiger partial charge in [0.15, 0.2) is 0 Å². The molecule has 0 aliphatic rings. The van der Waals surface area contributed by atoms with Crippen LogP contribution in [0, 0.1) is 0 Å². The van der Waals surface area contributed by atoms with Crippen LogP contribution in [0.1, 0.15) is 0 Å². The molecule has 0 aliphatic carbocycles. The van der Waals surface area contributed by atoms with E-state index in [2.05, 4.69) is 266 Å². The summed E-state index contributed by atoms with van der Waals surface area (Å²) in [6, 6.07) is 98.6. The zero-order chi connectivity index (χ0) is 46.4. The molecule has 2 heteroatoms. The summed E-state index contributed by atoms with van der Waals surface area (Å²) in [4.78, 5) is 2.36. The summed E-state index contributed by atoms with van der Waals surface area (Å²) in [5.41, 5.74) is 16.9. The molecule has 0 aliphatic heterocycles. The lowest BCUT2D eigenvalue weighted by molar-refractivity contribution is 0.632. The van der Waals surface area contributed by atoms with E-state index >= 15 is 0 Å². The maximum atomic E-state index is 6.50. The zero-order valence-corrected chi connectivity index (χ0v) is 38.3. The topological polar surface area (TPSA) is 16.4 Å². The van der Waals surface area contributed by atoms with Crippen LogP contribution < -0.4 is 4.90 Å². The molecule has 70 heavy (non-hydrogen) atoms. The minimum atomic E-state index is 0.856. The van der Waals surface area contributed by atoms with E-state index < -0.39 is 0 Å². The summed E-state index contributed by atoms with van der Waals surface area (Å²) in [6.45, 7) is 0. The van der Waals surface area contributed by atoms with E-state index in [9.17, 15) is 0 Å². The Hall–Kier alpha value is -9.24. The molecule has 1 aromatic heterocycles. The highest BCUT2D eigenvalue weighted by molar-refractivity contribution is 6.14. The Bertz CT molecular complexity index is 3980. The second kappa shape index (κ2) is 17.4. The molecule has 0 saturated heterocycles. The van der Waals surface area contributed by atoms with E-state index in [1.807, 2.05) is 12.1 Å². The van der Waals surface area contributed by atoms with Gasteiger partial charge in [0, 0.05) is 28.0 Å². The third kappa shape index (κ3) is 7.49. The van der Waals surface area contributed by atoms with E-state index in [1.54, 1.807) is 0 Å². The van der Waals surface area contributed by atoms with Gasteiger partial charge in [-0.15, -0.1) is 0 Å². The molecule has 0 radical (unpaired) electrons. The molecule has 328 valence electrons. The predicted octanol–water partition coefficient (Wildman–Crippen LogP) is 19.4. The summed E-state index contributed by atoms with van der Waals surface area (Å²) in [7, 11) is 0. The van der Waals surface area contributed by atoms with Crippen LogP contribution in [0.15, 0.2) is 277 Å². The number of para-hydroxylation sites is 1. The van der Waals surface area contributed by atoms with Crippen LogP contribution in [0.25, 0.3) is 110 Å². The molecule has 0 fully saturated rings. The fourth-order valence-electron chi connectivity index (χ4n) is 10.4. The molecule has 0 unspecified atom stereocenters. The summed E-state index contributed by atoms with van der Waals surface area (Å²) >= 11 is 0. The Morgan fingerprint density at radius 2 is 0.700 bits per heavy atom. The minimum Gasteiger partial charge on any atom is -0.456 e. The summed E-state index contributed by atoms with van der Waals surface area (Å²) in [5.74, 6) is 0.856. The van der Waals surface area contributed by atoms with E-state index in [0.29, 0.717) is 0 Å². The average molecular weight is 892 g/mol. The molecule has 0 amide bonds. The maximum absolute atomic E-state index is 6.50. The lowest BCUT2D eigenvalue weighted by atomic mass is 9.93. The summed E-state index contributed by atoms with van der Waals surface area (Å²) in [6.07, 6.45) is 0. The van der Waals surface area contributed by atoms with Crippen LogP contribution in [-0.2, 0) is 0 Å². The van der Waals surface area contributed by atoms with Gasteiger partial charge in [-0.25, -0.2) is 0 Å². The smallest absolute Gasteiger partial charge is 0.136 e. The molecule has 1 heterocycles. The number of benzene rings is 12. The van der Waals surface area contributed by atoms with E-state index in [4.69, 9.17) is 4.42 Å². The van der Waals surface area contributed by atoms with E-state index in [1.165, 1.54) is 65.7 Å². The quantitative estimate of drug-likeness (QED) is 0.134. The first-order valence-electron chi connectivity index (χ1n) is 24.0. The molecule has 0 N–H and O–H groups in total. The van der Waals surface area contributed by atoms with Crippen LogP contribution in [0.4, 0.5) is 17.1 Å². The molecule has 12 aromatic carbocycles. The minimum absolute atomic E-state index is 0.856. The molecule has 0 saturated carbocycles. The fourth-order valence-corrected chi connectivity index (χ4v) is 10.4. The van der Waals surface area contributed by atoms with Crippen molar-refractivity contribution in [3.63, 3.8) is 0 Å². The standard InChI is InChI=1S/C68H45NO/c1-2-13-49(14-3-1)62-42-35-53(43-66(62)68-45-55-17-6-11-24-67(55)70-68)48-31-38-57(39-32-48)69(58-40-33-52(34-41-58)65-44-54-16-5-8-20-61(54)63-21-9-10-22-64(63)65)56-36-29-47(30-37-56)46-25-27-51(28-26-46)60-23-12-18-50-15-4-7-19-59(50)60/h1-45H. The van der Waals surface area contributed by atoms with Gasteiger partial charge in [-0.3, -0.25) is 0 Å². The Balaban J connectivity index is 0.874. The molecule has 0 bridgehead atoms. The van der Waals surface area contributed by atoms with Crippen LogP contribution in [0.3, 0.4) is 0 Å². The van der Waals surface area contributed by atoms with Crippen molar-refractivity contribution >= 4 is 60.3 Å². The first-order valence-corrected chi connectivity index (χ1v) is 24.0. The van der Waals surface area contributed by atoms with Crippen LogP contribution in [0.5, 0.6) is 0 Å². The first-order chi connectivity index (χ1) is 34.7. The lowest BCUT2D eigenvalue weighted by Gasteiger charge is -2.26. The number of anilines is 3. The van der Waals surface area contributed by atoms with Crippen molar-refractivity contribution in [2.45, 2.75) is 0 Å². The monoisotopic (exact) mass is 891 g/mol.